The first-order valence-corrected chi connectivity index (χ1v) is 6.65. The minimum Gasteiger partial charge on any atom is -0.478 e. The molecule has 1 unspecified atom stereocenters. The van der Waals surface area contributed by atoms with Crippen molar-refractivity contribution in [2.24, 2.45) is 0 Å². The van der Waals surface area contributed by atoms with Crippen molar-refractivity contribution in [2.45, 2.75) is 19.4 Å². The molecule has 0 aliphatic heterocycles. The molecule has 2 rings (SSSR count). The van der Waals surface area contributed by atoms with Crippen molar-refractivity contribution >= 4 is 28.8 Å². The molecular weight excluding hydrogens is 264 g/mol. The van der Waals surface area contributed by atoms with Crippen LogP contribution in [0, 0.1) is 0 Å². The second-order valence-corrected chi connectivity index (χ2v) is 4.83. The lowest BCUT2D eigenvalue weighted by Gasteiger charge is -2.17. The lowest BCUT2D eigenvalue weighted by atomic mass is 10.2. The van der Waals surface area contributed by atoms with Gasteiger partial charge in [0.2, 0.25) is 0 Å². The first-order chi connectivity index (χ1) is 9.13. The summed E-state index contributed by atoms with van der Waals surface area (Å²) < 4.78 is 0. The van der Waals surface area contributed by atoms with E-state index in [1.165, 1.54) is 23.6 Å². The number of anilines is 2. The van der Waals surface area contributed by atoms with Gasteiger partial charge in [-0.15, -0.1) is 11.3 Å². The highest BCUT2D eigenvalue weighted by molar-refractivity contribution is 7.09. The molecule has 0 fully saturated rings. The van der Waals surface area contributed by atoms with E-state index in [1.807, 2.05) is 12.3 Å². The van der Waals surface area contributed by atoms with Crippen molar-refractivity contribution in [3.05, 3.63) is 34.4 Å². The largest absolute Gasteiger partial charge is 0.478 e. The Balaban J connectivity index is 2.28. The molecule has 2 aromatic heterocycles. The Morgan fingerprint density at radius 1 is 1.53 bits per heavy atom. The first kappa shape index (κ1) is 13.3. The van der Waals surface area contributed by atoms with Crippen molar-refractivity contribution in [1.29, 1.82) is 0 Å². The van der Waals surface area contributed by atoms with Gasteiger partial charge in [-0.05, 0) is 12.5 Å². The lowest BCUT2D eigenvalue weighted by molar-refractivity contribution is 0.0698. The number of aromatic carboxylic acids is 1. The molecule has 0 radical (unpaired) electrons. The molecule has 0 saturated carbocycles. The van der Waals surface area contributed by atoms with Crippen LogP contribution >= 0.6 is 11.3 Å². The van der Waals surface area contributed by atoms with E-state index < -0.39 is 5.97 Å². The molecule has 7 heteroatoms. The van der Waals surface area contributed by atoms with Gasteiger partial charge in [0.05, 0.1) is 17.3 Å². The minimum absolute atomic E-state index is 0.0288. The standard InChI is InChI=1S/C12H14N4O2S/c1-2-8(11-15-5-6-19-11)16-10-9(13)7(12(17)18)3-4-14-10/h3-6,8H,2,13H2,1H3,(H,14,16)(H,17,18). The summed E-state index contributed by atoms with van der Waals surface area (Å²) in [6.45, 7) is 2.01. The smallest absolute Gasteiger partial charge is 0.337 e. The van der Waals surface area contributed by atoms with E-state index in [4.69, 9.17) is 10.8 Å². The molecule has 2 aromatic rings. The van der Waals surface area contributed by atoms with Crippen LogP contribution in [-0.4, -0.2) is 21.0 Å². The van der Waals surface area contributed by atoms with Crippen LogP contribution in [0.15, 0.2) is 23.8 Å². The van der Waals surface area contributed by atoms with Crippen LogP contribution in [0.5, 0.6) is 0 Å². The van der Waals surface area contributed by atoms with E-state index in [0.717, 1.165) is 11.4 Å². The zero-order valence-electron chi connectivity index (χ0n) is 10.3. The topological polar surface area (TPSA) is 101 Å². The van der Waals surface area contributed by atoms with Gasteiger partial charge in [-0.1, -0.05) is 6.92 Å². The Labute approximate surface area is 114 Å². The lowest BCUT2D eigenvalue weighted by Crippen LogP contribution is -2.14. The maximum absolute atomic E-state index is 11.0. The summed E-state index contributed by atoms with van der Waals surface area (Å²) >= 11 is 1.53. The number of aromatic nitrogens is 2. The van der Waals surface area contributed by atoms with Crippen molar-refractivity contribution in [3.63, 3.8) is 0 Å². The molecule has 19 heavy (non-hydrogen) atoms. The number of carbonyl (C=O) groups is 1. The Morgan fingerprint density at radius 3 is 2.89 bits per heavy atom. The number of carboxylic acids is 1. The third kappa shape index (κ3) is 2.82. The number of rotatable bonds is 5. The van der Waals surface area contributed by atoms with Crippen molar-refractivity contribution < 1.29 is 9.90 Å². The van der Waals surface area contributed by atoms with Crippen LogP contribution in [-0.2, 0) is 0 Å². The van der Waals surface area contributed by atoms with E-state index in [2.05, 4.69) is 15.3 Å². The van der Waals surface area contributed by atoms with E-state index in [0.29, 0.717) is 5.82 Å². The predicted octanol–water partition coefficient (Wildman–Crippen LogP) is 2.38. The molecule has 0 aliphatic rings. The van der Waals surface area contributed by atoms with E-state index >= 15 is 0 Å². The highest BCUT2D eigenvalue weighted by Gasteiger charge is 2.17. The average molecular weight is 278 g/mol. The van der Waals surface area contributed by atoms with Crippen LogP contribution in [0.25, 0.3) is 0 Å². The molecule has 0 aromatic carbocycles. The van der Waals surface area contributed by atoms with Gasteiger partial charge in [0, 0.05) is 17.8 Å². The number of nitrogens with two attached hydrogens (primary N) is 1. The summed E-state index contributed by atoms with van der Waals surface area (Å²) in [7, 11) is 0. The van der Waals surface area contributed by atoms with Crippen LogP contribution < -0.4 is 11.1 Å². The van der Waals surface area contributed by atoms with E-state index in [9.17, 15) is 4.79 Å². The normalized spacial score (nSPS) is 12.1. The second-order valence-electron chi connectivity index (χ2n) is 3.90. The summed E-state index contributed by atoms with van der Waals surface area (Å²) in [5.74, 6) is -0.688. The van der Waals surface area contributed by atoms with E-state index in [1.54, 1.807) is 6.20 Å². The van der Waals surface area contributed by atoms with Gasteiger partial charge in [-0.2, -0.15) is 0 Å². The summed E-state index contributed by atoms with van der Waals surface area (Å²) in [6.07, 6.45) is 3.96. The number of nitrogens with zero attached hydrogens (tertiary/aromatic N) is 2. The quantitative estimate of drug-likeness (QED) is 0.776. The highest BCUT2D eigenvalue weighted by atomic mass is 32.1. The SMILES string of the molecule is CCC(Nc1nccc(C(=O)O)c1N)c1nccs1. The van der Waals surface area contributed by atoms with Gasteiger partial charge < -0.3 is 16.2 Å². The van der Waals surface area contributed by atoms with Gasteiger partial charge in [0.15, 0.2) is 5.82 Å². The number of hydrogen-bond acceptors (Lipinski definition) is 6. The molecule has 6 nitrogen and oxygen atoms in total. The van der Waals surface area contributed by atoms with E-state index in [-0.39, 0.29) is 17.3 Å². The van der Waals surface area contributed by atoms with Crippen LogP contribution in [0.4, 0.5) is 11.5 Å². The summed E-state index contributed by atoms with van der Waals surface area (Å²) in [5, 5.41) is 15.0. The molecule has 2 heterocycles. The first-order valence-electron chi connectivity index (χ1n) is 5.77. The number of pyridine rings is 1. The molecule has 4 N–H and O–H groups in total. The van der Waals surface area contributed by atoms with Crippen molar-refractivity contribution in [2.75, 3.05) is 11.1 Å². The Bertz CT molecular complexity index is 571. The van der Waals surface area contributed by atoms with Crippen LogP contribution in [0.2, 0.25) is 0 Å². The Hall–Kier alpha value is -2.15. The van der Waals surface area contributed by atoms with Crippen LogP contribution in [0.1, 0.15) is 34.8 Å². The number of carboxylic acid groups (broad SMARTS) is 1. The number of nitrogens with one attached hydrogen (secondary N) is 1. The number of thiazole rings is 1. The minimum atomic E-state index is -1.06. The second kappa shape index (κ2) is 5.66. The molecular formula is C12H14N4O2S. The Morgan fingerprint density at radius 2 is 2.32 bits per heavy atom. The molecule has 0 saturated heterocycles. The summed E-state index contributed by atoms with van der Waals surface area (Å²) in [4.78, 5) is 19.4. The number of nitrogen functional groups attached to an aromatic ring is 1. The monoisotopic (exact) mass is 278 g/mol. The molecule has 1 atom stereocenters. The van der Waals surface area contributed by atoms with Gasteiger partial charge in [0.25, 0.3) is 0 Å². The molecule has 0 bridgehead atoms. The van der Waals surface area contributed by atoms with Gasteiger partial charge in [-0.25, -0.2) is 14.8 Å². The fourth-order valence-corrected chi connectivity index (χ4v) is 2.46. The Kier molecular flexibility index (Phi) is 3.96. The predicted molar refractivity (Wildman–Crippen MR) is 74.4 cm³/mol. The number of hydrogen-bond donors (Lipinski definition) is 3. The molecule has 0 amide bonds. The molecule has 0 spiro atoms. The van der Waals surface area contributed by atoms with Crippen molar-refractivity contribution in [1.82, 2.24) is 9.97 Å². The van der Waals surface area contributed by atoms with Crippen LogP contribution in [0.3, 0.4) is 0 Å². The zero-order valence-corrected chi connectivity index (χ0v) is 11.1. The summed E-state index contributed by atoms with van der Waals surface area (Å²) in [6, 6.07) is 1.35. The highest BCUT2D eigenvalue weighted by Crippen LogP contribution is 2.27. The maximum Gasteiger partial charge on any atom is 0.337 e. The average Bonchev–Trinajstić information content (AvgIpc) is 2.91. The van der Waals surface area contributed by atoms with Crippen molar-refractivity contribution in [3.8, 4) is 0 Å². The summed E-state index contributed by atoms with van der Waals surface area (Å²) in [5.41, 5.74) is 6.01. The van der Waals surface area contributed by atoms with Gasteiger partial charge in [-0.3, -0.25) is 0 Å². The fourth-order valence-electron chi connectivity index (χ4n) is 1.68. The third-order valence-corrected chi connectivity index (χ3v) is 3.58. The fraction of sp³-hybridized carbons (Fsp3) is 0.250. The maximum atomic E-state index is 11.0. The molecule has 100 valence electrons. The van der Waals surface area contributed by atoms with Gasteiger partial charge in [0.1, 0.15) is 5.01 Å². The third-order valence-electron chi connectivity index (χ3n) is 2.69. The zero-order chi connectivity index (χ0) is 13.8. The van der Waals surface area contributed by atoms with Gasteiger partial charge >= 0.3 is 5.97 Å². The molecule has 0 aliphatic carbocycles.